The molecule has 0 radical (unpaired) electrons. The Balaban J connectivity index is 2.94. The van der Waals surface area contributed by atoms with Crippen LogP contribution in [0.2, 0.25) is 0 Å². The first-order valence-electron chi connectivity index (χ1n) is 3.48. The van der Waals surface area contributed by atoms with Gasteiger partial charge in [0.15, 0.2) is 0 Å². The first-order valence-corrected chi connectivity index (χ1v) is 3.48. The summed E-state index contributed by atoms with van der Waals surface area (Å²) in [4.78, 5) is 0. The fraction of sp³-hybridized carbons (Fsp3) is 0. The number of nitrogens with two attached hydrogens (primary N) is 1. The van der Waals surface area contributed by atoms with Crippen LogP contribution in [0.3, 0.4) is 0 Å². The molecular formula is C10H11N. The van der Waals surface area contributed by atoms with Crippen molar-refractivity contribution in [3.63, 3.8) is 0 Å². The van der Waals surface area contributed by atoms with Gasteiger partial charge in [-0.05, 0) is 11.6 Å². The lowest BCUT2D eigenvalue weighted by molar-refractivity contribution is 1.52. The van der Waals surface area contributed by atoms with E-state index in [0.29, 0.717) is 0 Å². The predicted octanol–water partition coefficient (Wildman–Crippen LogP) is 2.17. The van der Waals surface area contributed by atoms with Crippen LogP contribution < -0.4 is 5.73 Å². The highest BCUT2D eigenvalue weighted by Gasteiger charge is 1.90. The van der Waals surface area contributed by atoms with E-state index in [-0.39, 0.29) is 0 Å². The van der Waals surface area contributed by atoms with Crippen molar-refractivity contribution in [1.29, 1.82) is 0 Å². The molecular weight excluding hydrogens is 134 g/mol. The van der Waals surface area contributed by atoms with Crippen LogP contribution in [0.5, 0.6) is 0 Å². The quantitative estimate of drug-likeness (QED) is 0.634. The Morgan fingerprint density at radius 3 is 2.45 bits per heavy atom. The van der Waals surface area contributed by atoms with Crippen molar-refractivity contribution < 1.29 is 0 Å². The van der Waals surface area contributed by atoms with Gasteiger partial charge in [-0.3, -0.25) is 0 Å². The third kappa shape index (κ3) is 1.97. The summed E-state index contributed by atoms with van der Waals surface area (Å²) in [6.07, 6.45) is 3.47. The van der Waals surface area contributed by atoms with Crippen molar-refractivity contribution in [1.82, 2.24) is 0 Å². The second-order valence-electron chi connectivity index (χ2n) is 2.22. The molecule has 1 aromatic rings. The average Bonchev–Trinajstić information content (AvgIpc) is 2.07. The Kier molecular flexibility index (Phi) is 2.50. The molecule has 1 aromatic carbocycles. The third-order valence-corrected chi connectivity index (χ3v) is 1.40. The van der Waals surface area contributed by atoms with Crippen molar-refractivity contribution in [3.8, 4) is 0 Å². The van der Waals surface area contributed by atoms with E-state index in [1.54, 1.807) is 12.2 Å². The molecule has 0 saturated carbocycles. The summed E-state index contributed by atoms with van der Waals surface area (Å²) in [5, 5.41) is 0. The third-order valence-electron chi connectivity index (χ3n) is 1.40. The Hall–Kier alpha value is -1.50. The monoisotopic (exact) mass is 145 g/mol. The minimum Gasteiger partial charge on any atom is -0.398 e. The molecule has 0 fully saturated rings. The Labute approximate surface area is 66.9 Å². The summed E-state index contributed by atoms with van der Waals surface area (Å²) in [5.74, 6) is 0. The highest BCUT2D eigenvalue weighted by molar-refractivity contribution is 5.63. The molecule has 2 N–H and O–H groups in total. The minimum atomic E-state index is 0.751. The maximum absolute atomic E-state index is 5.70. The molecule has 0 atom stereocenters. The molecule has 0 spiro atoms. The van der Waals surface area contributed by atoms with Gasteiger partial charge in [-0.1, -0.05) is 43.0 Å². The number of benzene rings is 1. The van der Waals surface area contributed by atoms with E-state index in [4.69, 9.17) is 5.73 Å². The molecule has 0 aliphatic carbocycles. The van der Waals surface area contributed by atoms with E-state index in [1.807, 2.05) is 30.3 Å². The fourth-order valence-corrected chi connectivity index (χ4v) is 0.854. The second kappa shape index (κ2) is 3.62. The number of hydrogen-bond acceptors (Lipinski definition) is 1. The van der Waals surface area contributed by atoms with Crippen molar-refractivity contribution in [2.75, 3.05) is 0 Å². The molecule has 0 heterocycles. The summed E-state index contributed by atoms with van der Waals surface area (Å²) in [7, 11) is 0. The summed E-state index contributed by atoms with van der Waals surface area (Å²) in [6.45, 7) is 3.57. The van der Waals surface area contributed by atoms with Gasteiger partial charge in [-0.25, -0.2) is 0 Å². The van der Waals surface area contributed by atoms with Gasteiger partial charge < -0.3 is 5.73 Å². The van der Waals surface area contributed by atoms with E-state index in [9.17, 15) is 0 Å². The van der Waals surface area contributed by atoms with Gasteiger partial charge in [0, 0.05) is 5.70 Å². The van der Waals surface area contributed by atoms with E-state index < -0.39 is 0 Å². The van der Waals surface area contributed by atoms with Gasteiger partial charge >= 0.3 is 0 Å². The highest BCUT2D eigenvalue weighted by atomic mass is 14.6. The molecule has 0 saturated heterocycles. The van der Waals surface area contributed by atoms with Crippen LogP contribution in [0.25, 0.3) is 5.70 Å². The summed E-state index contributed by atoms with van der Waals surface area (Å²) >= 11 is 0. The summed E-state index contributed by atoms with van der Waals surface area (Å²) in [6, 6.07) is 9.81. The van der Waals surface area contributed by atoms with Crippen molar-refractivity contribution in [3.05, 3.63) is 54.6 Å². The van der Waals surface area contributed by atoms with Gasteiger partial charge in [0.25, 0.3) is 0 Å². The number of hydrogen-bond donors (Lipinski definition) is 1. The molecule has 56 valence electrons. The lowest BCUT2D eigenvalue weighted by atomic mass is 10.1. The zero-order valence-corrected chi connectivity index (χ0v) is 6.33. The Morgan fingerprint density at radius 1 is 1.27 bits per heavy atom. The van der Waals surface area contributed by atoms with Gasteiger partial charge in [-0.15, -0.1) is 0 Å². The van der Waals surface area contributed by atoms with Crippen LogP contribution >= 0.6 is 0 Å². The lowest BCUT2D eigenvalue weighted by Gasteiger charge is -1.97. The standard InChI is InChI=1S/C10H11N/c1-2-6-10(11)9-7-4-3-5-8-9/h2-8H,1,11H2/b10-6+. The van der Waals surface area contributed by atoms with Gasteiger partial charge in [0.2, 0.25) is 0 Å². The van der Waals surface area contributed by atoms with Gasteiger partial charge in [0.1, 0.15) is 0 Å². The van der Waals surface area contributed by atoms with Crippen molar-refractivity contribution in [2.24, 2.45) is 5.73 Å². The van der Waals surface area contributed by atoms with E-state index >= 15 is 0 Å². The first-order chi connectivity index (χ1) is 5.34. The molecule has 0 aliphatic rings. The number of rotatable bonds is 2. The molecule has 0 bridgehead atoms. The number of allylic oxidation sites excluding steroid dienone is 2. The second-order valence-corrected chi connectivity index (χ2v) is 2.22. The highest BCUT2D eigenvalue weighted by Crippen LogP contribution is 2.06. The molecule has 0 aliphatic heterocycles. The molecule has 11 heavy (non-hydrogen) atoms. The zero-order valence-electron chi connectivity index (χ0n) is 6.33. The molecule has 0 amide bonds. The van der Waals surface area contributed by atoms with Crippen LogP contribution in [0.4, 0.5) is 0 Å². The van der Waals surface area contributed by atoms with Crippen LogP contribution in [0.1, 0.15) is 5.56 Å². The van der Waals surface area contributed by atoms with Crippen molar-refractivity contribution in [2.45, 2.75) is 0 Å². The van der Waals surface area contributed by atoms with Gasteiger partial charge in [0.05, 0.1) is 0 Å². The molecule has 0 unspecified atom stereocenters. The maximum Gasteiger partial charge on any atom is 0.0387 e. The van der Waals surface area contributed by atoms with E-state index in [2.05, 4.69) is 6.58 Å². The maximum atomic E-state index is 5.70. The van der Waals surface area contributed by atoms with Crippen LogP contribution in [0.15, 0.2) is 49.1 Å². The van der Waals surface area contributed by atoms with E-state index in [1.165, 1.54) is 0 Å². The topological polar surface area (TPSA) is 26.0 Å². The molecule has 1 heteroatoms. The average molecular weight is 145 g/mol. The normalized spacial score (nSPS) is 11.1. The molecule has 0 aromatic heterocycles. The first kappa shape index (κ1) is 7.61. The van der Waals surface area contributed by atoms with Crippen molar-refractivity contribution >= 4 is 5.70 Å². The zero-order chi connectivity index (χ0) is 8.10. The summed E-state index contributed by atoms with van der Waals surface area (Å²) < 4.78 is 0. The fourth-order valence-electron chi connectivity index (χ4n) is 0.854. The Morgan fingerprint density at radius 2 is 1.91 bits per heavy atom. The largest absolute Gasteiger partial charge is 0.398 e. The van der Waals surface area contributed by atoms with Gasteiger partial charge in [-0.2, -0.15) is 0 Å². The van der Waals surface area contributed by atoms with Crippen LogP contribution in [-0.4, -0.2) is 0 Å². The Bertz CT molecular complexity index is 259. The molecule has 1 nitrogen and oxygen atoms in total. The SMILES string of the molecule is C=C/C=C(/N)c1ccccc1. The van der Waals surface area contributed by atoms with E-state index in [0.717, 1.165) is 11.3 Å². The van der Waals surface area contributed by atoms with Crippen LogP contribution in [-0.2, 0) is 0 Å². The smallest absolute Gasteiger partial charge is 0.0387 e. The lowest BCUT2D eigenvalue weighted by Crippen LogP contribution is -1.94. The predicted molar refractivity (Wildman–Crippen MR) is 48.8 cm³/mol. The van der Waals surface area contributed by atoms with Crippen LogP contribution in [0, 0.1) is 0 Å². The summed E-state index contributed by atoms with van der Waals surface area (Å²) in [5.41, 5.74) is 7.48. The molecule has 1 rings (SSSR count). The minimum absolute atomic E-state index is 0.751.